The second-order valence-corrected chi connectivity index (χ2v) is 17.4. The molecule has 0 amide bonds. The van der Waals surface area contributed by atoms with Crippen LogP contribution in [-0.4, -0.2) is 75.2 Å². The third-order valence-corrected chi connectivity index (χ3v) is 15.3. The van der Waals surface area contributed by atoms with E-state index in [0.717, 1.165) is 69.8 Å². The molecule has 7 heteroatoms. The van der Waals surface area contributed by atoms with E-state index in [4.69, 9.17) is 0 Å². The predicted octanol–water partition coefficient (Wildman–Crippen LogP) is 5.69. The summed E-state index contributed by atoms with van der Waals surface area (Å²) >= 11 is 1.73. The number of ketones is 1. The number of thiophene rings is 1. The van der Waals surface area contributed by atoms with Crippen LogP contribution in [0.4, 0.5) is 0 Å². The van der Waals surface area contributed by atoms with E-state index in [2.05, 4.69) is 54.5 Å². The Morgan fingerprint density at radius 3 is 2.49 bits per heavy atom. The van der Waals surface area contributed by atoms with Gasteiger partial charge in [0.15, 0.2) is 5.78 Å². The summed E-state index contributed by atoms with van der Waals surface area (Å²) < 4.78 is 0. The minimum atomic E-state index is -0.968. The number of carbonyl (C=O) groups is 1. The van der Waals surface area contributed by atoms with E-state index in [9.17, 15) is 25.2 Å². The molecular weight excluding hydrogens is 582 g/mol. The van der Waals surface area contributed by atoms with Crippen molar-refractivity contribution < 1.29 is 25.2 Å². The largest absolute Gasteiger partial charge is 0.394 e. The molecule has 9 atom stereocenters. The summed E-state index contributed by atoms with van der Waals surface area (Å²) in [7, 11) is 0. The van der Waals surface area contributed by atoms with Gasteiger partial charge in [-0.15, -0.1) is 11.3 Å². The van der Waals surface area contributed by atoms with Crippen molar-refractivity contribution in [2.75, 3.05) is 26.2 Å². The third-order valence-electron chi connectivity index (χ3n) is 14.4. The highest BCUT2D eigenvalue weighted by Crippen LogP contribution is 2.78. The lowest BCUT2D eigenvalue weighted by Crippen LogP contribution is -2.67. The van der Waals surface area contributed by atoms with Gasteiger partial charge in [0.25, 0.3) is 0 Å². The van der Waals surface area contributed by atoms with Gasteiger partial charge in [-0.1, -0.05) is 57.4 Å². The lowest BCUT2D eigenvalue weighted by Gasteiger charge is -2.71. The molecule has 4 fully saturated rings. The fourth-order valence-corrected chi connectivity index (χ4v) is 12.6. The van der Waals surface area contributed by atoms with Crippen molar-refractivity contribution in [3.8, 4) is 0 Å². The van der Waals surface area contributed by atoms with Crippen molar-refractivity contribution in [1.29, 1.82) is 0 Å². The van der Waals surface area contributed by atoms with E-state index in [1.165, 1.54) is 11.3 Å². The molecule has 0 radical (unpaired) electrons. The summed E-state index contributed by atoms with van der Waals surface area (Å²) in [4.78, 5) is 18.2. The van der Waals surface area contributed by atoms with Crippen LogP contribution in [-0.2, 0) is 11.2 Å². The van der Waals surface area contributed by atoms with Gasteiger partial charge >= 0.3 is 0 Å². The van der Waals surface area contributed by atoms with Crippen LogP contribution in [0.15, 0.2) is 41.3 Å². The van der Waals surface area contributed by atoms with Crippen molar-refractivity contribution in [3.05, 3.63) is 46.2 Å². The van der Waals surface area contributed by atoms with Gasteiger partial charge in [0.1, 0.15) is 0 Å². The first-order valence-electron chi connectivity index (χ1n) is 17.9. The first-order chi connectivity index (χ1) is 21.5. The van der Waals surface area contributed by atoms with Crippen LogP contribution in [0.2, 0.25) is 0 Å². The van der Waals surface area contributed by atoms with E-state index in [1.807, 2.05) is 0 Å². The monoisotopic (exact) mass is 637 g/mol. The molecule has 8 rings (SSSR count). The maximum absolute atomic E-state index is 14.7. The zero-order valence-corrected chi connectivity index (χ0v) is 28.2. The van der Waals surface area contributed by atoms with Crippen molar-refractivity contribution in [2.45, 2.75) is 115 Å². The molecule has 0 saturated heterocycles. The van der Waals surface area contributed by atoms with Crippen LogP contribution in [0.25, 0.3) is 0 Å². The summed E-state index contributed by atoms with van der Waals surface area (Å²) in [6.07, 6.45) is 18.2. The zero-order valence-electron chi connectivity index (χ0n) is 27.4. The molecule has 0 aliphatic heterocycles. The van der Waals surface area contributed by atoms with Gasteiger partial charge in [0, 0.05) is 52.2 Å². The zero-order chi connectivity index (χ0) is 31.7. The summed E-state index contributed by atoms with van der Waals surface area (Å²) in [6, 6.07) is 4.19. The van der Waals surface area contributed by atoms with E-state index in [1.54, 1.807) is 11.3 Å². The number of allylic oxidation sites excluding steroid dienone is 4. The molecule has 0 aromatic carbocycles. The molecule has 45 heavy (non-hydrogen) atoms. The molecular formula is C38H55NO5S. The highest BCUT2D eigenvalue weighted by molar-refractivity contribution is 7.09. The van der Waals surface area contributed by atoms with Crippen LogP contribution in [0.1, 0.15) is 95.8 Å². The minimum absolute atomic E-state index is 0.0165. The molecule has 6 nitrogen and oxygen atoms in total. The summed E-state index contributed by atoms with van der Waals surface area (Å²) in [5.41, 5.74) is -1.02. The Bertz CT molecular complexity index is 1320. The summed E-state index contributed by atoms with van der Waals surface area (Å²) in [5, 5.41) is 46.1. The molecule has 1 heterocycles. The Labute approximate surface area is 273 Å². The number of Topliss-reactive ketones (excluding diaryl/α,β-unsaturated/α-hetero) is 1. The molecule has 1 aromatic rings. The highest BCUT2D eigenvalue weighted by atomic mass is 32.1. The second-order valence-electron chi connectivity index (χ2n) is 16.4. The van der Waals surface area contributed by atoms with Crippen molar-refractivity contribution in [2.24, 2.45) is 39.4 Å². The smallest absolute Gasteiger partial charge is 0.162 e. The van der Waals surface area contributed by atoms with Gasteiger partial charge < -0.3 is 20.4 Å². The van der Waals surface area contributed by atoms with E-state index >= 15 is 0 Å². The molecule has 1 aromatic heterocycles. The van der Waals surface area contributed by atoms with Crippen molar-refractivity contribution in [3.63, 3.8) is 0 Å². The van der Waals surface area contributed by atoms with Gasteiger partial charge in [-0.2, -0.15) is 0 Å². The first kappa shape index (κ1) is 32.2. The van der Waals surface area contributed by atoms with Gasteiger partial charge in [0.05, 0.1) is 24.4 Å². The van der Waals surface area contributed by atoms with Crippen LogP contribution in [0, 0.1) is 39.4 Å². The third kappa shape index (κ3) is 4.84. The predicted molar refractivity (Wildman–Crippen MR) is 178 cm³/mol. The Hall–Kier alpha value is -1.35. The highest BCUT2D eigenvalue weighted by Gasteiger charge is 2.74. The summed E-state index contributed by atoms with van der Waals surface area (Å²) in [5.74, 6) is 0.910. The van der Waals surface area contributed by atoms with Crippen LogP contribution in [0.3, 0.4) is 0 Å². The van der Waals surface area contributed by atoms with Gasteiger partial charge in [-0.3, -0.25) is 9.69 Å². The normalized spacial score (nSPS) is 43.1. The number of aliphatic hydroxyl groups excluding tert-OH is 3. The standard InChI is InChI=1S/C38H55NO5S/c1-34-14-10-27(41)21-36(34)17-18-38(30(22-36)33(43)26-7-4-3-5-8-26)31(34)11-15-35(2)32(38)12-16-37(35,44)25-39(23-28(42)24-40)19-13-29-9-6-20-45-29/h6,9,17-18,20,22,26-28,31-32,40-42,44H,3-5,7-8,10-16,19,21,23-25H2,1-2H3. The average molecular weight is 638 g/mol. The molecule has 7 aliphatic rings. The van der Waals surface area contributed by atoms with Crippen LogP contribution >= 0.6 is 11.3 Å². The number of fused-ring (bicyclic) bond motifs is 1. The average Bonchev–Trinajstić information content (AvgIpc) is 3.65. The maximum Gasteiger partial charge on any atom is 0.162 e. The lowest BCUT2D eigenvalue weighted by atomic mass is 9.32. The van der Waals surface area contributed by atoms with Gasteiger partial charge in [-0.05, 0) is 92.9 Å². The number of carbonyl (C=O) groups excluding carboxylic acids is 1. The lowest BCUT2D eigenvalue weighted by molar-refractivity contribution is -0.180. The molecule has 4 N–H and O–H groups in total. The Balaban J connectivity index is 1.26. The van der Waals surface area contributed by atoms with E-state index < -0.39 is 22.5 Å². The Kier molecular flexibility index (Phi) is 8.35. The topological polar surface area (TPSA) is 101 Å². The summed E-state index contributed by atoms with van der Waals surface area (Å²) in [6.45, 7) is 5.95. The molecule has 9 unspecified atom stereocenters. The van der Waals surface area contributed by atoms with Gasteiger partial charge in [-0.25, -0.2) is 0 Å². The van der Waals surface area contributed by atoms with Crippen molar-refractivity contribution in [1.82, 2.24) is 4.90 Å². The number of aliphatic hydroxyl groups is 4. The minimum Gasteiger partial charge on any atom is -0.394 e. The molecule has 7 aliphatic carbocycles. The fraction of sp³-hybridized carbons (Fsp3) is 0.763. The molecule has 2 bridgehead atoms. The van der Waals surface area contributed by atoms with E-state index in [-0.39, 0.29) is 35.4 Å². The molecule has 2 spiro atoms. The molecule has 4 saturated carbocycles. The second kappa shape index (κ2) is 11.7. The fourth-order valence-electron chi connectivity index (χ4n) is 11.9. The van der Waals surface area contributed by atoms with Crippen LogP contribution < -0.4 is 0 Å². The van der Waals surface area contributed by atoms with E-state index in [0.29, 0.717) is 44.2 Å². The number of nitrogens with zero attached hydrogens (tertiary/aromatic N) is 1. The number of hydrogen-bond donors (Lipinski definition) is 4. The maximum atomic E-state index is 14.7. The Morgan fingerprint density at radius 2 is 1.76 bits per heavy atom. The number of rotatable bonds is 10. The molecule has 248 valence electrons. The number of hydrogen-bond acceptors (Lipinski definition) is 7. The van der Waals surface area contributed by atoms with Crippen LogP contribution in [0.5, 0.6) is 0 Å². The Morgan fingerprint density at radius 1 is 1.02 bits per heavy atom. The SMILES string of the molecule is CC12CCC(O)CC13C=CC1(C(C(=O)C4CCCCC4)=C3)C2CCC2(C)C1CCC2(O)CN(CCc1cccs1)CC(O)CO. The quantitative estimate of drug-likeness (QED) is 0.246. The first-order valence-corrected chi connectivity index (χ1v) is 18.8. The van der Waals surface area contributed by atoms with Crippen molar-refractivity contribution >= 4 is 17.1 Å². The van der Waals surface area contributed by atoms with Gasteiger partial charge in [0.2, 0.25) is 0 Å².